The number of fused-ring (bicyclic) bond motifs is 3. The fraction of sp³-hybridized carbons (Fsp3) is 0.424. The highest BCUT2D eigenvalue weighted by Gasteiger charge is 2.74. The number of carbonyl (C=O) groups is 3. The maximum atomic E-state index is 14.6. The molecule has 3 aromatic rings. The minimum absolute atomic E-state index is 0.145. The first kappa shape index (κ1) is 29.5. The van der Waals surface area contributed by atoms with E-state index in [-0.39, 0.29) is 31.0 Å². The lowest BCUT2D eigenvalue weighted by Crippen LogP contribution is -2.56. The Hall–Kier alpha value is -4.16. The highest BCUT2D eigenvalue weighted by atomic mass is 32.2. The topological polar surface area (TPSA) is 121 Å². The first-order valence-corrected chi connectivity index (χ1v) is 16.1. The maximum Gasteiger partial charge on any atom is 0.248 e. The van der Waals surface area contributed by atoms with Crippen molar-refractivity contribution in [3.05, 3.63) is 72.8 Å². The van der Waals surface area contributed by atoms with E-state index in [0.717, 1.165) is 11.0 Å². The number of rotatable bonds is 7. The van der Waals surface area contributed by atoms with Gasteiger partial charge in [0.05, 0.1) is 41.4 Å². The Morgan fingerprint density at radius 3 is 2.51 bits per heavy atom. The number of hydrogen-bond acceptors (Lipinski definition) is 8. The van der Waals surface area contributed by atoms with Crippen LogP contribution in [0.2, 0.25) is 0 Å². The van der Waals surface area contributed by atoms with E-state index < -0.39 is 33.4 Å². The van der Waals surface area contributed by atoms with Gasteiger partial charge in [0.1, 0.15) is 24.0 Å². The number of carbonyl (C=O) groups excluding carboxylic acids is 3. The van der Waals surface area contributed by atoms with Crippen molar-refractivity contribution in [3.8, 4) is 5.75 Å². The fourth-order valence-electron chi connectivity index (χ4n) is 7.50. The van der Waals surface area contributed by atoms with Gasteiger partial charge in [-0.05, 0) is 57.2 Å². The molecule has 2 aromatic carbocycles. The summed E-state index contributed by atoms with van der Waals surface area (Å²) >= 11 is 1.52. The van der Waals surface area contributed by atoms with Crippen LogP contribution in [0.3, 0.4) is 0 Å². The molecule has 0 radical (unpaired) electrons. The van der Waals surface area contributed by atoms with Gasteiger partial charge in [-0.25, -0.2) is 4.68 Å². The zero-order valence-corrected chi connectivity index (χ0v) is 26.3. The van der Waals surface area contributed by atoms with Crippen molar-refractivity contribution >= 4 is 46.2 Å². The van der Waals surface area contributed by atoms with Gasteiger partial charge in [-0.15, -0.1) is 16.9 Å². The smallest absolute Gasteiger partial charge is 0.248 e. The molecule has 6 atom stereocenters. The van der Waals surface area contributed by atoms with Gasteiger partial charge in [0.25, 0.3) is 0 Å². The van der Waals surface area contributed by atoms with Crippen molar-refractivity contribution in [2.45, 2.75) is 49.0 Å². The summed E-state index contributed by atoms with van der Waals surface area (Å²) in [6.45, 7) is 6.70. The number of thioether (sulfide) groups is 1. The number of aromatic nitrogens is 3. The molecule has 5 heterocycles. The molecule has 2 saturated heterocycles. The SMILES string of the molecule is CCOc1ccc(N2CC=C[C@@]3(C)S[C@]45C=CCN(Cn6nnc7ccccc76)C(=O)C4N([C@H](C)CO)C(=O)[C@@H]5[C@H]3C2=O)cc1. The Morgan fingerprint density at radius 1 is 1.00 bits per heavy atom. The lowest BCUT2D eigenvalue weighted by atomic mass is 9.74. The summed E-state index contributed by atoms with van der Waals surface area (Å²) in [7, 11) is 0. The standard InChI is InChI=1S/C33H36N6O5S/c1-4-44-23-13-11-22(12-14-23)37-18-7-15-32(3)26(29(37)41)27-30(42)39(21(2)19-40)28-31(43)36(17-8-16-33(27,28)45-32)20-38-25-10-6-5-9-24(25)34-35-38/h5-16,21,26-28,40H,4,17-20H2,1-3H3/t21-,26+,27+,28?,32-,33+/m1/s1. The summed E-state index contributed by atoms with van der Waals surface area (Å²) in [5, 5.41) is 18.8. The summed E-state index contributed by atoms with van der Waals surface area (Å²) in [4.78, 5) is 48.7. The first-order chi connectivity index (χ1) is 21.7. The van der Waals surface area contributed by atoms with Crippen LogP contribution < -0.4 is 9.64 Å². The molecule has 2 fully saturated rings. The highest BCUT2D eigenvalue weighted by Crippen LogP contribution is 2.66. The Labute approximate surface area is 265 Å². The van der Waals surface area contributed by atoms with E-state index in [0.29, 0.717) is 31.1 Å². The number of para-hydroxylation sites is 1. The molecule has 1 spiro atoms. The second kappa shape index (κ2) is 11.0. The minimum Gasteiger partial charge on any atom is -0.494 e. The van der Waals surface area contributed by atoms with Crippen molar-refractivity contribution < 1.29 is 24.2 Å². The number of nitrogens with zero attached hydrogens (tertiary/aromatic N) is 6. The molecule has 0 bridgehead atoms. The Balaban J connectivity index is 1.28. The molecule has 4 aliphatic heterocycles. The molecule has 3 amide bonds. The van der Waals surface area contributed by atoms with Crippen LogP contribution in [0.1, 0.15) is 20.8 Å². The molecule has 11 nitrogen and oxygen atoms in total. The third kappa shape index (κ3) is 4.48. The van der Waals surface area contributed by atoms with Gasteiger partial charge >= 0.3 is 0 Å². The zero-order valence-electron chi connectivity index (χ0n) is 25.4. The summed E-state index contributed by atoms with van der Waals surface area (Å²) in [5.74, 6) is -1.52. The Morgan fingerprint density at radius 2 is 1.76 bits per heavy atom. The van der Waals surface area contributed by atoms with E-state index >= 15 is 0 Å². The van der Waals surface area contributed by atoms with E-state index in [1.807, 2.05) is 86.7 Å². The third-order valence-corrected chi connectivity index (χ3v) is 11.3. The zero-order chi connectivity index (χ0) is 31.5. The number of aliphatic hydroxyl groups excluding tert-OH is 1. The number of anilines is 1. The first-order valence-electron chi connectivity index (χ1n) is 15.3. The van der Waals surface area contributed by atoms with Gasteiger partial charge in [-0.3, -0.25) is 14.4 Å². The average Bonchev–Trinajstić information content (AvgIpc) is 3.57. The predicted octanol–water partition coefficient (Wildman–Crippen LogP) is 2.86. The van der Waals surface area contributed by atoms with Gasteiger partial charge in [0.15, 0.2) is 0 Å². The average molecular weight is 629 g/mol. The number of hydrogen-bond donors (Lipinski definition) is 1. The summed E-state index contributed by atoms with van der Waals surface area (Å²) in [6.07, 6.45) is 7.93. The van der Waals surface area contributed by atoms with Crippen LogP contribution >= 0.6 is 11.8 Å². The van der Waals surface area contributed by atoms with E-state index in [1.54, 1.807) is 21.4 Å². The minimum atomic E-state index is -1.02. The number of ether oxygens (including phenoxy) is 1. The van der Waals surface area contributed by atoms with E-state index in [4.69, 9.17) is 4.74 Å². The Bertz CT molecular complexity index is 1720. The quantitative estimate of drug-likeness (QED) is 0.397. The molecule has 234 valence electrons. The molecule has 0 aliphatic carbocycles. The van der Waals surface area contributed by atoms with Gasteiger partial charge < -0.3 is 24.5 Å². The molecule has 12 heteroatoms. The highest BCUT2D eigenvalue weighted by molar-refractivity contribution is 8.02. The monoisotopic (exact) mass is 628 g/mol. The van der Waals surface area contributed by atoms with Crippen molar-refractivity contribution in [2.75, 3.05) is 31.2 Å². The third-order valence-electron chi connectivity index (χ3n) is 9.50. The normalized spacial score (nSPS) is 29.9. The molecule has 7 rings (SSSR count). The van der Waals surface area contributed by atoms with Gasteiger partial charge in [0, 0.05) is 23.5 Å². The van der Waals surface area contributed by atoms with E-state index in [9.17, 15) is 19.5 Å². The number of benzene rings is 2. The second-order valence-electron chi connectivity index (χ2n) is 12.2. The molecular weight excluding hydrogens is 592 g/mol. The molecule has 1 unspecified atom stereocenters. The molecule has 1 aromatic heterocycles. The van der Waals surface area contributed by atoms with Crippen LogP contribution in [0.15, 0.2) is 72.8 Å². The van der Waals surface area contributed by atoms with E-state index in [1.165, 1.54) is 16.7 Å². The lowest BCUT2D eigenvalue weighted by Gasteiger charge is -2.38. The molecule has 0 saturated carbocycles. The van der Waals surface area contributed by atoms with Crippen LogP contribution in [0.25, 0.3) is 11.0 Å². The van der Waals surface area contributed by atoms with Crippen molar-refractivity contribution in [3.63, 3.8) is 0 Å². The van der Waals surface area contributed by atoms with E-state index in [2.05, 4.69) is 10.3 Å². The second-order valence-corrected chi connectivity index (χ2v) is 14.0. The largest absolute Gasteiger partial charge is 0.494 e. The summed E-state index contributed by atoms with van der Waals surface area (Å²) in [5.41, 5.74) is 2.23. The number of amides is 3. The number of likely N-dealkylation sites (tertiary alicyclic amines) is 1. The van der Waals surface area contributed by atoms with Crippen LogP contribution in [-0.4, -0.2) is 95.5 Å². The maximum absolute atomic E-state index is 14.6. The van der Waals surface area contributed by atoms with Gasteiger partial charge in [-0.2, -0.15) is 0 Å². The van der Waals surface area contributed by atoms with Gasteiger partial charge in [0.2, 0.25) is 17.7 Å². The summed E-state index contributed by atoms with van der Waals surface area (Å²) < 4.78 is 5.52. The molecule has 4 aliphatic rings. The van der Waals surface area contributed by atoms with Crippen molar-refractivity contribution in [1.82, 2.24) is 24.8 Å². The number of aliphatic hydroxyl groups is 1. The van der Waals surface area contributed by atoms with Crippen molar-refractivity contribution in [1.29, 1.82) is 0 Å². The van der Waals surface area contributed by atoms with Crippen LogP contribution in [-0.2, 0) is 21.1 Å². The Kier molecular flexibility index (Phi) is 7.24. The molecule has 45 heavy (non-hydrogen) atoms. The lowest BCUT2D eigenvalue weighted by molar-refractivity contribution is -0.146. The van der Waals surface area contributed by atoms with Gasteiger partial charge in [-0.1, -0.05) is 41.7 Å². The molecule has 1 N–H and O–H groups in total. The predicted molar refractivity (Wildman–Crippen MR) is 170 cm³/mol. The van der Waals surface area contributed by atoms with Crippen LogP contribution in [0.4, 0.5) is 5.69 Å². The van der Waals surface area contributed by atoms with Crippen molar-refractivity contribution in [2.24, 2.45) is 11.8 Å². The van der Waals surface area contributed by atoms with Crippen LogP contribution in [0, 0.1) is 11.8 Å². The fourth-order valence-corrected chi connectivity index (χ4v) is 9.65. The molecular formula is C33H36N6O5S. The summed E-state index contributed by atoms with van der Waals surface area (Å²) in [6, 6.07) is 13.4. The van der Waals surface area contributed by atoms with Crippen LogP contribution in [0.5, 0.6) is 5.75 Å².